The molecule has 1 saturated heterocycles. The minimum Gasteiger partial charge on any atom is -0.342 e. The number of nitrogens with zero attached hydrogens (tertiary/aromatic N) is 4. The summed E-state index contributed by atoms with van der Waals surface area (Å²) in [5.74, 6) is 0.262. The van der Waals surface area contributed by atoms with Gasteiger partial charge in [0.2, 0.25) is 5.91 Å². The molecule has 0 saturated carbocycles. The van der Waals surface area contributed by atoms with Crippen LogP contribution in [0.25, 0.3) is 11.0 Å². The van der Waals surface area contributed by atoms with Crippen molar-refractivity contribution in [3.63, 3.8) is 0 Å². The van der Waals surface area contributed by atoms with Gasteiger partial charge in [-0.05, 0) is 30.5 Å². The van der Waals surface area contributed by atoms with Gasteiger partial charge in [0.1, 0.15) is 5.65 Å². The Kier molecular flexibility index (Phi) is 5.05. The monoisotopic (exact) mass is 392 g/mol. The van der Waals surface area contributed by atoms with Gasteiger partial charge in [-0.1, -0.05) is 30.3 Å². The SMILES string of the molecule is Cn1c(=O)c2ccc([C@@H]3CCN(C(=O)CCc4ccccc4)C3)nc2n(C)c1=O. The molecule has 0 bridgehead atoms. The molecule has 0 unspecified atom stereocenters. The smallest absolute Gasteiger partial charge is 0.332 e. The van der Waals surface area contributed by atoms with E-state index in [9.17, 15) is 14.4 Å². The molecule has 0 radical (unpaired) electrons. The van der Waals surface area contributed by atoms with Gasteiger partial charge in [-0.2, -0.15) is 0 Å². The van der Waals surface area contributed by atoms with E-state index in [1.165, 1.54) is 11.6 Å². The predicted molar refractivity (Wildman–Crippen MR) is 111 cm³/mol. The van der Waals surface area contributed by atoms with Crippen LogP contribution in [0.4, 0.5) is 0 Å². The second kappa shape index (κ2) is 7.66. The second-order valence-electron chi connectivity index (χ2n) is 7.62. The molecule has 7 nitrogen and oxygen atoms in total. The quantitative estimate of drug-likeness (QED) is 0.676. The van der Waals surface area contributed by atoms with Crippen LogP contribution in [0, 0.1) is 0 Å². The number of rotatable bonds is 4. The van der Waals surface area contributed by atoms with Crippen LogP contribution in [-0.2, 0) is 25.3 Å². The zero-order chi connectivity index (χ0) is 20.5. The number of aromatic nitrogens is 3. The van der Waals surface area contributed by atoms with Gasteiger partial charge in [0.15, 0.2) is 0 Å². The molecule has 2 aromatic heterocycles. The molecule has 1 atom stereocenters. The Hall–Kier alpha value is -3.22. The van der Waals surface area contributed by atoms with Gasteiger partial charge in [-0.3, -0.25) is 18.7 Å². The Balaban J connectivity index is 1.50. The van der Waals surface area contributed by atoms with Crippen molar-refractivity contribution in [2.45, 2.75) is 25.2 Å². The molecule has 1 aromatic carbocycles. The standard InChI is InChI=1S/C22H24N4O3/c1-24-20-17(21(28)25(2)22(24)29)9-10-18(23-20)16-12-13-26(14-16)19(27)11-8-15-6-4-3-5-7-15/h3-7,9-10,16H,8,11-14H2,1-2H3/t16-/m1/s1. The summed E-state index contributed by atoms with van der Waals surface area (Å²) in [7, 11) is 3.09. The van der Waals surface area contributed by atoms with E-state index < -0.39 is 5.69 Å². The van der Waals surface area contributed by atoms with Crippen molar-refractivity contribution in [3.8, 4) is 0 Å². The van der Waals surface area contributed by atoms with Crippen LogP contribution in [0.5, 0.6) is 0 Å². The van der Waals surface area contributed by atoms with Crippen molar-refractivity contribution in [1.29, 1.82) is 0 Å². The highest BCUT2D eigenvalue weighted by Gasteiger charge is 2.28. The summed E-state index contributed by atoms with van der Waals surface area (Å²) in [6.07, 6.45) is 2.06. The van der Waals surface area contributed by atoms with Crippen LogP contribution in [-0.4, -0.2) is 38.0 Å². The first-order valence-electron chi connectivity index (χ1n) is 9.84. The average Bonchev–Trinajstić information content (AvgIpc) is 3.25. The first-order chi connectivity index (χ1) is 14.0. The Morgan fingerprint density at radius 2 is 1.83 bits per heavy atom. The summed E-state index contributed by atoms with van der Waals surface area (Å²) in [6, 6.07) is 13.6. The predicted octanol–water partition coefficient (Wildman–Crippen LogP) is 1.58. The van der Waals surface area contributed by atoms with Gasteiger partial charge >= 0.3 is 5.69 Å². The third kappa shape index (κ3) is 3.60. The topological polar surface area (TPSA) is 77.2 Å². The number of hydrogen-bond acceptors (Lipinski definition) is 4. The van der Waals surface area contributed by atoms with Crippen LogP contribution < -0.4 is 11.2 Å². The van der Waals surface area contributed by atoms with Crippen LogP contribution >= 0.6 is 0 Å². The van der Waals surface area contributed by atoms with Crippen molar-refractivity contribution in [1.82, 2.24) is 19.0 Å². The maximum absolute atomic E-state index is 12.6. The fourth-order valence-corrected chi connectivity index (χ4v) is 3.98. The fraction of sp³-hybridized carbons (Fsp3) is 0.364. The number of pyridine rings is 1. The lowest BCUT2D eigenvalue weighted by Gasteiger charge is -2.17. The first kappa shape index (κ1) is 19.1. The third-order valence-corrected chi connectivity index (χ3v) is 5.75. The number of aryl methyl sites for hydroxylation is 2. The fourth-order valence-electron chi connectivity index (χ4n) is 3.98. The number of fused-ring (bicyclic) bond motifs is 1. The highest BCUT2D eigenvalue weighted by molar-refractivity contribution is 5.77. The Morgan fingerprint density at radius 3 is 2.59 bits per heavy atom. The molecule has 1 aliphatic heterocycles. The average molecular weight is 392 g/mol. The minimum atomic E-state index is -0.392. The summed E-state index contributed by atoms with van der Waals surface area (Å²) in [6.45, 7) is 1.32. The molecular formula is C22H24N4O3. The lowest BCUT2D eigenvalue weighted by atomic mass is 10.0. The molecule has 1 fully saturated rings. The van der Waals surface area contributed by atoms with Crippen molar-refractivity contribution < 1.29 is 4.79 Å². The molecule has 0 spiro atoms. The highest BCUT2D eigenvalue weighted by atomic mass is 16.2. The van der Waals surface area contributed by atoms with E-state index in [1.807, 2.05) is 41.3 Å². The summed E-state index contributed by atoms with van der Waals surface area (Å²) in [5, 5.41) is 0.423. The lowest BCUT2D eigenvalue weighted by Crippen LogP contribution is -2.37. The molecule has 4 rings (SSSR count). The molecule has 7 heteroatoms. The van der Waals surface area contributed by atoms with Crippen molar-refractivity contribution >= 4 is 16.9 Å². The Morgan fingerprint density at radius 1 is 1.07 bits per heavy atom. The second-order valence-corrected chi connectivity index (χ2v) is 7.62. The minimum absolute atomic E-state index is 0.110. The maximum Gasteiger partial charge on any atom is 0.332 e. The molecule has 0 N–H and O–H groups in total. The number of likely N-dealkylation sites (tertiary alicyclic amines) is 1. The summed E-state index contributed by atoms with van der Waals surface area (Å²) < 4.78 is 2.49. The number of benzene rings is 1. The van der Waals surface area contributed by atoms with Crippen LogP contribution in [0.1, 0.15) is 30.0 Å². The number of hydrogen-bond donors (Lipinski definition) is 0. The van der Waals surface area contributed by atoms with Crippen molar-refractivity contribution in [2.24, 2.45) is 14.1 Å². The molecule has 3 aromatic rings. The molecular weight excluding hydrogens is 368 g/mol. The summed E-state index contributed by atoms with van der Waals surface area (Å²) in [5.41, 5.74) is 1.64. The molecule has 3 heterocycles. The largest absolute Gasteiger partial charge is 0.342 e. The Labute approximate surface area is 168 Å². The highest BCUT2D eigenvalue weighted by Crippen LogP contribution is 2.27. The normalized spacial score (nSPS) is 16.5. The van der Waals surface area contributed by atoms with E-state index >= 15 is 0 Å². The van der Waals surface area contributed by atoms with Crippen molar-refractivity contribution in [3.05, 3.63) is 74.6 Å². The summed E-state index contributed by atoms with van der Waals surface area (Å²) >= 11 is 0. The third-order valence-electron chi connectivity index (χ3n) is 5.75. The Bertz CT molecular complexity index is 1180. The molecule has 0 aliphatic carbocycles. The van der Waals surface area contributed by atoms with Gasteiger partial charge in [-0.25, -0.2) is 9.78 Å². The van der Waals surface area contributed by atoms with E-state index in [2.05, 4.69) is 4.98 Å². The van der Waals surface area contributed by atoms with Crippen molar-refractivity contribution in [2.75, 3.05) is 13.1 Å². The zero-order valence-corrected chi connectivity index (χ0v) is 16.7. The first-order valence-corrected chi connectivity index (χ1v) is 9.84. The molecule has 29 heavy (non-hydrogen) atoms. The summed E-state index contributed by atoms with van der Waals surface area (Å²) in [4.78, 5) is 43.6. The molecule has 1 aliphatic rings. The van der Waals surface area contributed by atoms with Gasteiger partial charge in [0.25, 0.3) is 5.56 Å². The van der Waals surface area contributed by atoms with E-state index in [0.717, 1.165) is 28.7 Å². The number of carbonyl (C=O) groups excluding carboxylic acids is 1. The van der Waals surface area contributed by atoms with Gasteiger partial charge < -0.3 is 4.90 Å². The van der Waals surface area contributed by atoms with Crippen LogP contribution in [0.15, 0.2) is 52.1 Å². The van der Waals surface area contributed by atoms with E-state index in [0.29, 0.717) is 30.5 Å². The molecule has 150 valence electrons. The number of amides is 1. The van der Waals surface area contributed by atoms with Gasteiger partial charge in [-0.15, -0.1) is 0 Å². The zero-order valence-electron chi connectivity index (χ0n) is 16.7. The maximum atomic E-state index is 12.6. The number of carbonyl (C=O) groups is 1. The van der Waals surface area contributed by atoms with E-state index in [-0.39, 0.29) is 17.4 Å². The van der Waals surface area contributed by atoms with E-state index in [1.54, 1.807) is 13.1 Å². The van der Waals surface area contributed by atoms with Gasteiger partial charge in [0.05, 0.1) is 5.39 Å². The van der Waals surface area contributed by atoms with E-state index in [4.69, 9.17) is 0 Å². The van der Waals surface area contributed by atoms with Crippen LogP contribution in [0.3, 0.4) is 0 Å². The van der Waals surface area contributed by atoms with Crippen LogP contribution in [0.2, 0.25) is 0 Å². The van der Waals surface area contributed by atoms with Gasteiger partial charge in [0, 0.05) is 45.2 Å². The lowest BCUT2D eigenvalue weighted by molar-refractivity contribution is -0.130. The molecule has 1 amide bonds.